The Morgan fingerprint density at radius 2 is 0.962 bits per heavy atom. The fraction of sp³-hybridized carbons (Fsp3) is 0.854. The van der Waals surface area contributed by atoms with E-state index < -0.39 is 32.5 Å². The van der Waals surface area contributed by atoms with Crippen LogP contribution in [-0.2, 0) is 37.7 Å². The summed E-state index contributed by atoms with van der Waals surface area (Å²) in [4.78, 5) is 59.7. The molecule has 0 radical (unpaired) electrons. The molecule has 10 nitrogen and oxygen atoms in total. The molecule has 1 heterocycles. The maximum atomic E-state index is 12.7. The third-order valence-corrected chi connectivity index (χ3v) is 10.3. The number of esters is 2. The maximum absolute atomic E-state index is 12.7. The topological polar surface area (TPSA) is 129 Å². The molecule has 0 aromatic heterocycles. The average molecular weight is 756 g/mol. The van der Waals surface area contributed by atoms with Gasteiger partial charge in [-0.05, 0) is 12.8 Å². The Morgan fingerprint density at radius 1 is 0.577 bits per heavy atom. The van der Waals surface area contributed by atoms with Gasteiger partial charge < -0.3 is 23.4 Å². The van der Waals surface area contributed by atoms with Crippen molar-refractivity contribution >= 4 is 32.4 Å². The van der Waals surface area contributed by atoms with Gasteiger partial charge in [-0.25, -0.2) is 0 Å². The van der Waals surface area contributed by atoms with Crippen molar-refractivity contribution in [1.29, 1.82) is 0 Å². The van der Waals surface area contributed by atoms with Crippen LogP contribution in [0, 0.1) is 0 Å². The zero-order valence-corrected chi connectivity index (χ0v) is 33.9. The lowest BCUT2D eigenvalue weighted by molar-refractivity contribution is -0.161. The Hall–Kier alpha value is -1.87. The van der Waals surface area contributed by atoms with E-state index in [1.165, 1.54) is 141 Å². The molecule has 11 heteroatoms. The van der Waals surface area contributed by atoms with E-state index in [2.05, 4.69) is 13.8 Å². The number of carbonyl (C=O) groups is 4. The summed E-state index contributed by atoms with van der Waals surface area (Å²) in [6.07, 6.45) is 33.7. The van der Waals surface area contributed by atoms with E-state index >= 15 is 0 Å². The van der Waals surface area contributed by atoms with E-state index in [1.807, 2.05) is 0 Å². The number of amides is 2. The molecule has 2 atom stereocenters. The van der Waals surface area contributed by atoms with Crippen molar-refractivity contribution in [2.45, 2.75) is 200 Å². The summed E-state index contributed by atoms with van der Waals surface area (Å²) in [5.74, 6) is -1.62. The Kier molecular flexibility index (Phi) is 32.3. The largest absolute Gasteiger partial charge is 0.462 e. The molecule has 0 aliphatic carbocycles. The Morgan fingerprint density at radius 3 is 1.38 bits per heavy atom. The first-order valence-electron chi connectivity index (χ1n) is 21.0. The van der Waals surface area contributed by atoms with Gasteiger partial charge in [-0.15, -0.1) is 0 Å². The van der Waals surface area contributed by atoms with Gasteiger partial charge in [0.15, 0.2) is 6.10 Å². The molecule has 302 valence electrons. The van der Waals surface area contributed by atoms with Crippen molar-refractivity contribution in [1.82, 2.24) is 4.90 Å². The lowest BCUT2D eigenvalue weighted by Crippen LogP contribution is -2.33. The summed E-state index contributed by atoms with van der Waals surface area (Å²) in [7, 11) is -2.37. The molecule has 0 saturated carbocycles. The van der Waals surface area contributed by atoms with Gasteiger partial charge in [0.1, 0.15) is 6.61 Å². The highest BCUT2D eigenvalue weighted by Crippen LogP contribution is 2.33. The zero-order chi connectivity index (χ0) is 37.9. The second kappa shape index (κ2) is 34.9. The molecule has 0 aromatic rings. The highest BCUT2D eigenvalue weighted by molar-refractivity contribution is 7.40. The average Bonchev–Trinajstić information content (AvgIpc) is 3.45. The van der Waals surface area contributed by atoms with Crippen molar-refractivity contribution in [2.75, 3.05) is 26.4 Å². The Bertz CT molecular complexity index is 929. The van der Waals surface area contributed by atoms with Crippen molar-refractivity contribution in [3.05, 3.63) is 12.2 Å². The molecular weight excluding hydrogens is 681 g/mol. The van der Waals surface area contributed by atoms with Crippen LogP contribution in [0.3, 0.4) is 0 Å². The van der Waals surface area contributed by atoms with Gasteiger partial charge in [0.25, 0.3) is 11.8 Å². The van der Waals surface area contributed by atoms with Crippen molar-refractivity contribution < 1.29 is 42.6 Å². The molecule has 2 unspecified atom stereocenters. The van der Waals surface area contributed by atoms with Gasteiger partial charge in [-0.2, -0.15) is 0 Å². The minimum Gasteiger partial charge on any atom is -0.462 e. The third kappa shape index (κ3) is 28.6. The van der Waals surface area contributed by atoms with Crippen LogP contribution in [0.15, 0.2) is 12.2 Å². The van der Waals surface area contributed by atoms with Crippen LogP contribution in [0.5, 0.6) is 0 Å². The molecular formula is C41H74NO9P. The number of hydrogen-bond donors (Lipinski definition) is 1. The van der Waals surface area contributed by atoms with Crippen LogP contribution < -0.4 is 0 Å². The van der Waals surface area contributed by atoms with Crippen molar-refractivity contribution in [3.63, 3.8) is 0 Å². The summed E-state index contributed by atoms with van der Waals surface area (Å²) < 4.78 is 21.7. The monoisotopic (exact) mass is 756 g/mol. The first-order valence-corrected chi connectivity index (χ1v) is 22.1. The Labute approximate surface area is 317 Å². The van der Waals surface area contributed by atoms with Crippen LogP contribution in [0.2, 0.25) is 0 Å². The molecule has 1 aliphatic heterocycles. The normalized spacial score (nSPS) is 13.9. The zero-order valence-electron chi connectivity index (χ0n) is 33.0. The molecule has 1 aliphatic rings. The minimum absolute atomic E-state index is 0.0260. The first kappa shape index (κ1) is 48.1. The molecule has 1 N–H and O–H groups in total. The van der Waals surface area contributed by atoms with E-state index in [4.69, 9.17) is 18.5 Å². The predicted molar refractivity (Wildman–Crippen MR) is 208 cm³/mol. The highest BCUT2D eigenvalue weighted by atomic mass is 31.2. The summed E-state index contributed by atoms with van der Waals surface area (Å²) in [5.41, 5.74) is 0. The van der Waals surface area contributed by atoms with Crippen LogP contribution in [-0.4, -0.2) is 66.0 Å². The van der Waals surface area contributed by atoms with Crippen LogP contribution in [0.25, 0.3) is 0 Å². The molecule has 52 heavy (non-hydrogen) atoms. The van der Waals surface area contributed by atoms with Crippen molar-refractivity contribution in [2.24, 2.45) is 0 Å². The van der Waals surface area contributed by atoms with Gasteiger partial charge >= 0.3 is 20.5 Å². The van der Waals surface area contributed by atoms with Crippen LogP contribution in [0.4, 0.5) is 0 Å². The summed E-state index contributed by atoms with van der Waals surface area (Å²) in [6.45, 7) is 3.96. The smallest absolute Gasteiger partial charge is 0.330 e. The van der Waals surface area contributed by atoms with Gasteiger partial charge in [-0.3, -0.25) is 24.1 Å². The van der Waals surface area contributed by atoms with Crippen LogP contribution >= 0.6 is 8.60 Å². The number of hydrogen-bond acceptors (Lipinski definition) is 9. The van der Waals surface area contributed by atoms with E-state index in [9.17, 15) is 24.1 Å². The number of carbonyl (C=O) groups excluding carboxylic acids is 4. The lowest BCUT2D eigenvalue weighted by Gasteiger charge is -2.20. The van der Waals surface area contributed by atoms with E-state index in [-0.39, 0.29) is 38.8 Å². The minimum atomic E-state index is -2.37. The fourth-order valence-corrected chi connectivity index (χ4v) is 6.85. The van der Waals surface area contributed by atoms with E-state index in [1.54, 1.807) is 0 Å². The Balaban J connectivity index is 2.29. The molecule has 2 amide bonds. The van der Waals surface area contributed by atoms with Gasteiger partial charge in [-0.1, -0.05) is 168 Å². The van der Waals surface area contributed by atoms with Gasteiger partial charge in [0.05, 0.1) is 19.8 Å². The van der Waals surface area contributed by atoms with E-state index in [0.717, 1.165) is 43.4 Å². The third-order valence-electron chi connectivity index (χ3n) is 9.49. The number of nitrogens with zero attached hydrogens (tertiary/aromatic N) is 1. The van der Waals surface area contributed by atoms with Crippen LogP contribution in [0.1, 0.15) is 194 Å². The highest BCUT2D eigenvalue weighted by Gasteiger charge is 2.24. The summed E-state index contributed by atoms with van der Waals surface area (Å²) in [5, 5.41) is 0. The quantitative estimate of drug-likeness (QED) is 0.0283. The summed E-state index contributed by atoms with van der Waals surface area (Å²) in [6, 6.07) is 0. The molecule has 0 saturated heterocycles. The molecule has 0 spiro atoms. The molecule has 0 bridgehead atoms. The SMILES string of the molecule is CCCCCCCCCCCCCCCC(=O)OCC(COP(O)OCCN1C(=O)C=CC1=O)OC(=O)CCCCCCCCCCCCCCC. The number of imide groups is 1. The molecule has 0 aromatic carbocycles. The predicted octanol–water partition coefficient (Wildman–Crippen LogP) is 10.6. The first-order chi connectivity index (χ1) is 25.4. The number of rotatable bonds is 38. The van der Waals surface area contributed by atoms with Gasteiger partial charge in [0.2, 0.25) is 0 Å². The molecule has 1 rings (SSSR count). The number of ether oxygens (including phenoxy) is 2. The summed E-state index contributed by atoms with van der Waals surface area (Å²) >= 11 is 0. The van der Waals surface area contributed by atoms with Crippen molar-refractivity contribution in [3.8, 4) is 0 Å². The standard InChI is InChI=1S/C41H74NO9P/c1-3-5-7-9-11-13-15-17-19-21-23-25-27-29-40(45)48-35-37(36-50-52(47)49-34-33-42-38(43)31-32-39(42)44)51-41(46)30-28-26-24-22-20-18-16-14-12-10-8-6-4-2/h31-32,37,47H,3-30,33-36H2,1-2H3. The van der Waals surface area contributed by atoms with E-state index in [0.29, 0.717) is 6.42 Å². The lowest BCUT2D eigenvalue weighted by atomic mass is 10.0. The molecule has 0 fully saturated rings. The maximum Gasteiger partial charge on any atom is 0.330 e. The second-order valence-electron chi connectivity index (χ2n) is 14.3. The fourth-order valence-electron chi connectivity index (χ4n) is 6.24. The van der Waals surface area contributed by atoms with Gasteiger partial charge in [0, 0.05) is 25.0 Å². The number of unbranched alkanes of at least 4 members (excludes halogenated alkanes) is 24. The second-order valence-corrected chi connectivity index (χ2v) is 15.3.